The summed E-state index contributed by atoms with van der Waals surface area (Å²) < 4.78 is 0. The molecule has 2 nitrogen and oxygen atoms in total. The zero-order valence-corrected chi connectivity index (χ0v) is 21.5. The zero-order valence-electron chi connectivity index (χ0n) is 21.5. The van der Waals surface area contributed by atoms with Gasteiger partial charge in [-0.1, -0.05) is 82.2 Å². The Labute approximate surface area is 211 Å². The van der Waals surface area contributed by atoms with Crippen molar-refractivity contribution < 1.29 is 9.59 Å². The van der Waals surface area contributed by atoms with Crippen LogP contribution in [0.25, 0.3) is 11.1 Å². The van der Waals surface area contributed by atoms with Crippen LogP contribution in [0, 0.1) is 24.2 Å². The smallest absolute Gasteiger partial charge is 0.141 e. The lowest BCUT2D eigenvalue weighted by Crippen LogP contribution is -2.39. The van der Waals surface area contributed by atoms with Gasteiger partial charge < -0.3 is 4.79 Å². The van der Waals surface area contributed by atoms with Crippen molar-refractivity contribution in [3.8, 4) is 23.5 Å². The minimum atomic E-state index is -0.487. The van der Waals surface area contributed by atoms with Gasteiger partial charge in [-0.25, -0.2) is 0 Å². The van der Waals surface area contributed by atoms with Crippen LogP contribution in [0.2, 0.25) is 0 Å². The van der Waals surface area contributed by atoms with Gasteiger partial charge in [0.25, 0.3) is 0 Å². The van der Waals surface area contributed by atoms with Crippen molar-refractivity contribution in [2.45, 2.75) is 71.1 Å². The summed E-state index contributed by atoms with van der Waals surface area (Å²) in [6.45, 7) is 14.8. The highest BCUT2D eigenvalue weighted by Gasteiger charge is 2.43. The quantitative estimate of drug-likeness (QED) is 0.334. The van der Waals surface area contributed by atoms with Crippen molar-refractivity contribution in [3.63, 3.8) is 0 Å². The molecule has 0 aliphatic heterocycles. The molecule has 2 aromatic carbocycles. The van der Waals surface area contributed by atoms with Gasteiger partial charge in [0.2, 0.25) is 0 Å². The number of terminal acetylenes is 1. The van der Waals surface area contributed by atoms with Gasteiger partial charge in [0, 0.05) is 29.7 Å². The second-order valence-electron chi connectivity index (χ2n) is 10.3. The van der Waals surface area contributed by atoms with Gasteiger partial charge >= 0.3 is 0 Å². The molecule has 1 aliphatic rings. The summed E-state index contributed by atoms with van der Waals surface area (Å²) in [4.78, 5) is 24.9. The third-order valence-electron chi connectivity index (χ3n) is 7.66. The summed E-state index contributed by atoms with van der Waals surface area (Å²) in [5, 5.41) is 0. The highest BCUT2D eigenvalue weighted by Crippen LogP contribution is 2.47. The lowest BCUT2D eigenvalue weighted by Gasteiger charge is -2.41. The second-order valence-corrected chi connectivity index (χ2v) is 10.3. The fourth-order valence-corrected chi connectivity index (χ4v) is 5.48. The van der Waals surface area contributed by atoms with Crippen LogP contribution in [0.15, 0.2) is 72.8 Å². The number of Topliss-reactive ketones (excluding diaryl/α,β-unsaturated/α-hetero) is 2. The summed E-state index contributed by atoms with van der Waals surface area (Å²) in [6, 6.07) is 16.3. The number of rotatable bonds is 10. The first kappa shape index (κ1) is 26.4. The maximum absolute atomic E-state index is 13.5. The summed E-state index contributed by atoms with van der Waals surface area (Å²) in [7, 11) is 0. The monoisotopic (exact) mass is 466 g/mol. The van der Waals surface area contributed by atoms with Gasteiger partial charge in [-0.15, -0.1) is 6.42 Å². The Morgan fingerprint density at radius 2 is 1.83 bits per heavy atom. The number of ketones is 2. The van der Waals surface area contributed by atoms with Crippen LogP contribution in [0.1, 0.15) is 76.8 Å². The molecule has 0 N–H and O–H groups in total. The first-order valence-electron chi connectivity index (χ1n) is 12.8. The van der Waals surface area contributed by atoms with E-state index in [9.17, 15) is 9.59 Å². The number of carbonyl (C=O) groups excluding carboxylic acids is 2. The average Bonchev–Trinajstić information content (AvgIpc) is 2.85. The number of carbonyl (C=O) groups is 2. The molecular weight excluding hydrogens is 428 g/mol. The summed E-state index contributed by atoms with van der Waals surface area (Å²) in [5.41, 5.74) is 5.39. The average molecular weight is 467 g/mol. The first-order chi connectivity index (χ1) is 16.7. The van der Waals surface area contributed by atoms with E-state index in [1.54, 1.807) is 6.92 Å². The van der Waals surface area contributed by atoms with E-state index in [1.807, 2.05) is 24.3 Å². The van der Waals surface area contributed by atoms with E-state index in [-0.39, 0.29) is 17.5 Å². The maximum atomic E-state index is 13.5. The predicted molar refractivity (Wildman–Crippen MR) is 146 cm³/mol. The van der Waals surface area contributed by atoms with Crippen LogP contribution in [-0.2, 0) is 15.0 Å². The third kappa shape index (κ3) is 6.09. The SMILES string of the molecule is C#Cc1cccc(-c2cccc(C3(C)CC(=O)C(CC(CCC)CCCC(C)=O)C(=C)C3=C)c2)c1. The van der Waals surface area contributed by atoms with Crippen LogP contribution in [0.3, 0.4) is 0 Å². The Bertz CT molecular complexity index is 1160. The standard InChI is InChI=1S/C33H38O2/c1-7-12-27(15-9-13-23(3)34)20-31-24(4)25(5)33(6,22-32(31)35)30-18-11-17-29(21-30)28-16-10-14-26(8-2)19-28/h2,10-11,14,16-19,21,27,31H,4-5,7,9,12-13,15,20,22H2,1,3,6H3. The topological polar surface area (TPSA) is 34.1 Å². The maximum Gasteiger partial charge on any atom is 0.141 e. The Morgan fingerprint density at radius 3 is 2.49 bits per heavy atom. The van der Waals surface area contributed by atoms with Crippen molar-refractivity contribution in [1.82, 2.24) is 0 Å². The van der Waals surface area contributed by atoms with E-state index >= 15 is 0 Å². The van der Waals surface area contributed by atoms with Crippen molar-refractivity contribution in [1.29, 1.82) is 0 Å². The molecule has 0 spiro atoms. The molecule has 182 valence electrons. The molecule has 1 fully saturated rings. The van der Waals surface area contributed by atoms with Crippen molar-refractivity contribution >= 4 is 11.6 Å². The van der Waals surface area contributed by atoms with Crippen molar-refractivity contribution in [3.05, 3.63) is 84.0 Å². The minimum Gasteiger partial charge on any atom is -0.300 e. The molecule has 0 heterocycles. The first-order valence-corrected chi connectivity index (χ1v) is 12.8. The Kier molecular flexibility index (Phi) is 8.68. The van der Waals surface area contributed by atoms with Gasteiger partial charge in [-0.2, -0.15) is 0 Å². The molecule has 3 atom stereocenters. The van der Waals surface area contributed by atoms with Gasteiger partial charge in [-0.05, 0) is 72.1 Å². The predicted octanol–water partition coefficient (Wildman–Crippen LogP) is 7.86. The zero-order chi connectivity index (χ0) is 25.6. The van der Waals surface area contributed by atoms with Crippen LogP contribution in [0.5, 0.6) is 0 Å². The van der Waals surface area contributed by atoms with E-state index in [2.05, 4.69) is 57.2 Å². The summed E-state index contributed by atoms with van der Waals surface area (Å²) >= 11 is 0. The molecule has 1 saturated carbocycles. The van der Waals surface area contributed by atoms with Gasteiger partial charge in [0.15, 0.2) is 0 Å². The van der Waals surface area contributed by atoms with E-state index in [1.165, 1.54) is 0 Å². The molecule has 2 aromatic rings. The van der Waals surface area contributed by atoms with Crippen LogP contribution >= 0.6 is 0 Å². The second kappa shape index (κ2) is 11.5. The highest BCUT2D eigenvalue weighted by molar-refractivity contribution is 5.89. The molecule has 2 heteroatoms. The molecule has 0 bridgehead atoms. The van der Waals surface area contributed by atoms with Gasteiger partial charge in [0.05, 0.1) is 0 Å². The van der Waals surface area contributed by atoms with E-state index in [0.717, 1.165) is 65.5 Å². The van der Waals surface area contributed by atoms with Crippen LogP contribution in [-0.4, -0.2) is 11.6 Å². The largest absolute Gasteiger partial charge is 0.300 e. The van der Waals surface area contributed by atoms with Crippen molar-refractivity contribution in [2.75, 3.05) is 0 Å². The Balaban J connectivity index is 1.83. The molecule has 0 amide bonds. The number of allylic oxidation sites excluding steroid dienone is 2. The van der Waals surface area contributed by atoms with Crippen LogP contribution in [0.4, 0.5) is 0 Å². The summed E-state index contributed by atoms with van der Waals surface area (Å²) in [5.74, 6) is 3.43. The molecule has 0 saturated heterocycles. The Morgan fingerprint density at radius 1 is 1.14 bits per heavy atom. The molecule has 0 radical (unpaired) electrons. The third-order valence-corrected chi connectivity index (χ3v) is 7.66. The van der Waals surface area contributed by atoms with Crippen molar-refractivity contribution in [2.24, 2.45) is 11.8 Å². The van der Waals surface area contributed by atoms with Gasteiger partial charge in [-0.3, -0.25) is 4.79 Å². The lowest BCUT2D eigenvalue weighted by atomic mass is 9.61. The van der Waals surface area contributed by atoms with Gasteiger partial charge in [0.1, 0.15) is 11.6 Å². The number of hydrogen-bond acceptors (Lipinski definition) is 2. The molecule has 0 aromatic heterocycles. The van der Waals surface area contributed by atoms with E-state index in [0.29, 0.717) is 18.8 Å². The molecule has 3 rings (SSSR count). The van der Waals surface area contributed by atoms with E-state index in [4.69, 9.17) is 6.42 Å². The fraction of sp³-hybridized carbons (Fsp3) is 0.394. The minimum absolute atomic E-state index is 0.181. The molecule has 35 heavy (non-hydrogen) atoms. The fourth-order valence-electron chi connectivity index (χ4n) is 5.48. The number of hydrogen-bond donors (Lipinski definition) is 0. The normalized spacial score (nSPS) is 21.0. The van der Waals surface area contributed by atoms with Crippen LogP contribution < -0.4 is 0 Å². The molecular formula is C33H38O2. The summed E-state index contributed by atoms with van der Waals surface area (Å²) in [6.07, 6.45) is 11.4. The Hall–Kier alpha value is -3.18. The molecule has 3 unspecified atom stereocenters. The lowest BCUT2D eigenvalue weighted by molar-refractivity contribution is -0.124. The number of benzene rings is 2. The molecule has 1 aliphatic carbocycles. The van der Waals surface area contributed by atoms with E-state index < -0.39 is 5.41 Å². The highest BCUT2D eigenvalue weighted by atomic mass is 16.1.